The molecule has 0 aliphatic rings. The van der Waals surface area contributed by atoms with Gasteiger partial charge in [-0.25, -0.2) is 0 Å². The SMILES string of the molecule is CC(C)CC(C(=O)O)C(=O)NC(C=O)CC(=O)OC(C)(C)C. The first-order chi connectivity index (χ1) is 9.96. The van der Waals surface area contributed by atoms with Gasteiger partial charge in [-0.1, -0.05) is 13.8 Å². The largest absolute Gasteiger partial charge is 0.481 e. The lowest BCUT2D eigenvalue weighted by molar-refractivity contribution is -0.156. The lowest BCUT2D eigenvalue weighted by Crippen LogP contribution is -2.44. The van der Waals surface area contributed by atoms with E-state index in [1.54, 1.807) is 34.6 Å². The van der Waals surface area contributed by atoms with E-state index in [2.05, 4.69) is 5.32 Å². The molecule has 22 heavy (non-hydrogen) atoms. The zero-order valence-corrected chi connectivity index (χ0v) is 13.7. The van der Waals surface area contributed by atoms with Crippen LogP contribution in [0.25, 0.3) is 0 Å². The molecule has 0 aromatic heterocycles. The number of carbonyl (C=O) groups is 4. The molecule has 0 bridgehead atoms. The molecule has 0 fully saturated rings. The number of hydrogen-bond acceptors (Lipinski definition) is 5. The first kappa shape index (κ1) is 20.1. The average Bonchev–Trinajstić information content (AvgIpc) is 2.31. The molecule has 7 heteroatoms. The van der Waals surface area contributed by atoms with Crippen molar-refractivity contribution in [1.29, 1.82) is 0 Å². The lowest BCUT2D eigenvalue weighted by atomic mass is 9.96. The summed E-state index contributed by atoms with van der Waals surface area (Å²) in [5, 5.41) is 11.4. The molecule has 2 atom stereocenters. The van der Waals surface area contributed by atoms with Gasteiger partial charge in [-0.15, -0.1) is 0 Å². The third-order valence-corrected chi connectivity index (χ3v) is 2.62. The van der Waals surface area contributed by atoms with Crippen molar-refractivity contribution >= 4 is 24.1 Å². The van der Waals surface area contributed by atoms with Crippen molar-refractivity contribution in [1.82, 2.24) is 5.32 Å². The molecule has 0 saturated carbocycles. The van der Waals surface area contributed by atoms with Crippen molar-refractivity contribution in [3.05, 3.63) is 0 Å². The molecule has 1 amide bonds. The fraction of sp³-hybridized carbons (Fsp3) is 0.733. The van der Waals surface area contributed by atoms with Crippen molar-refractivity contribution in [2.75, 3.05) is 0 Å². The number of rotatable bonds is 8. The summed E-state index contributed by atoms with van der Waals surface area (Å²) in [5.74, 6) is -3.91. The summed E-state index contributed by atoms with van der Waals surface area (Å²) in [6, 6.07) is -1.10. The Hall–Kier alpha value is -1.92. The summed E-state index contributed by atoms with van der Waals surface area (Å²) in [4.78, 5) is 45.7. The molecule has 0 aliphatic carbocycles. The number of aldehydes is 1. The second-order valence-corrected chi connectivity index (χ2v) is 6.56. The predicted molar refractivity (Wildman–Crippen MR) is 79.0 cm³/mol. The van der Waals surface area contributed by atoms with E-state index in [1.165, 1.54) is 0 Å². The van der Waals surface area contributed by atoms with Gasteiger partial charge >= 0.3 is 11.9 Å². The second kappa shape index (κ2) is 8.51. The highest BCUT2D eigenvalue weighted by molar-refractivity contribution is 5.98. The zero-order valence-electron chi connectivity index (χ0n) is 13.7. The summed E-state index contributed by atoms with van der Waals surface area (Å²) >= 11 is 0. The minimum atomic E-state index is -1.26. The van der Waals surface area contributed by atoms with E-state index >= 15 is 0 Å². The van der Waals surface area contributed by atoms with Crippen LogP contribution in [-0.2, 0) is 23.9 Å². The Morgan fingerprint density at radius 2 is 1.77 bits per heavy atom. The topological polar surface area (TPSA) is 110 Å². The van der Waals surface area contributed by atoms with Gasteiger partial charge in [-0.3, -0.25) is 14.4 Å². The number of carboxylic acids is 1. The fourth-order valence-electron chi connectivity index (χ4n) is 1.77. The first-order valence-corrected chi connectivity index (χ1v) is 7.16. The van der Waals surface area contributed by atoms with E-state index in [4.69, 9.17) is 9.84 Å². The maximum Gasteiger partial charge on any atom is 0.316 e. The molecule has 2 unspecified atom stereocenters. The van der Waals surface area contributed by atoms with Crippen LogP contribution in [0.4, 0.5) is 0 Å². The summed E-state index contributed by atoms with van der Waals surface area (Å²) < 4.78 is 5.06. The molecule has 0 heterocycles. The summed E-state index contributed by atoms with van der Waals surface area (Å²) in [6.07, 6.45) is 0.218. The number of hydrogen-bond donors (Lipinski definition) is 2. The van der Waals surface area contributed by atoms with Crippen LogP contribution in [0.5, 0.6) is 0 Å². The van der Waals surface area contributed by atoms with E-state index in [9.17, 15) is 19.2 Å². The number of esters is 1. The summed E-state index contributed by atoms with van der Waals surface area (Å²) in [7, 11) is 0. The van der Waals surface area contributed by atoms with Gasteiger partial charge < -0.3 is 20.0 Å². The molecule has 0 aromatic carbocycles. The van der Waals surface area contributed by atoms with Crippen molar-refractivity contribution in [2.45, 2.75) is 59.1 Å². The van der Waals surface area contributed by atoms with E-state index in [-0.39, 0.29) is 18.8 Å². The Bertz CT molecular complexity index is 424. The maximum absolute atomic E-state index is 12.0. The van der Waals surface area contributed by atoms with Crippen molar-refractivity contribution in [2.24, 2.45) is 11.8 Å². The van der Waals surface area contributed by atoms with Crippen LogP contribution < -0.4 is 5.32 Å². The number of carbonyl (C=O) groups excluding carboxylic acids is 3. The minimum absolute atomic E-state index is 0.00684. The standard InChI is InChI=1S/C15H25NO6/c1-9(2)6-11(14(20)21)13(19)16-10(8-17)7-12(18)22-15(3,4)5/h8-11H,6-7H2,1-5H3,(H,16,19)(H,20,21). The van der Waals surface area contributed by atoms with E-state index in [0.717, 1.165) is 0 Å². The lowest BCUT2D eigenvalue weighted by Gasteiger charge is -2.22. The normalized spacial score (nSPS) is 14.1. The van der Waals surface area contributed by atoms with Crippen LogP contribution in [0.3, 0.4) is 0 Å². The molecule has 0 saturated heterocycles. The van der Waals surface area contributed by atoms with E-state index in [0.29, 0.717) is 6.29 Å². The minimum Gasteiger partial charge on any atom is -0.481 e. The summed E-state index contributed by atoms with van der Waals surface area (Å²) in [6.45, 7) is 8.63. The molecular formula is C15H25NO6. The van der Waals surface area contributed by atoms with E-state index in [1.807, 2.05) is 0 Å². The zero-order chi connectivity index (χ0) is 17.5. The van der Waals surface area contributed by atoms with Gasteiger partial charge in [-0.05, 0) is 33.1 Å². The molecule has 2 N–H and O–H groups in total. The smallest absolute Gasteiger partial charge is 0.316 e. The molecular weight excluding hydrogens is 290 g/mol. The molecule has 0 aliphatic heterocycles. The monoisotopic (exact) mass is 315 g/mol. The van der Waals surface area contributed by atoms with Gasteiger partial charge in [-0.2, -0.15) is 0 Å². The third kappa shape index (κ3) is 8.39. The van der Waals surface area contributed by atoms with Crippen LogP contribution in [0.2, 0.25) is 0 Å². The second-order valence-electron chi connectivity index (χ2n) is 6.56. The van der Waals surface area contributed by atoms with Gasteiger partial charge in [0, 0.05) is 0 Å². The Morgan fingerprint density at radius 1 is 1.23 bits per heavy atom. The quantitative estimate of drug-likeness (QED) is 0.395. The van der Waals surface area contributed by atoms with Gasteiger partial charge in [0.2, 0.25) is 5.91 Å². The first-order valence-electron chi connectivity index (χ1n) is 7.16. The Morgan fingerprint density at radius 3 is 2.14 bits per heavy atom. The number of nitrogens with one attached hydrogen (secondary N) is 1. The maximum atomic E-state index is 12.0. The van der Waals surface area contributed by atoms with Gasteiger partial charge in [0.15, 0.2) is 0 Å². The molecule has 7 nitrogen and oxygen atoms in total. The number of carboxylic acid groups (broad SMARTS) is 1. The predicted octanol–water partition coefficient (Wildman–Crippen LogP) is 1.15. The van der Waals surface area contributed by atoms with Gasteiger partial charge in [0.25, 0.3) is 0 Å². The molecule has 0 rings (SSSR count). The van der Waals surface area contributed by atoms with Gasteiger partial charge in [0.05, 0.1) is 12.5 Å². The van der Waals surface area contributed by atoms with Crippen LogP contribution in [-0.4, -0.2) is 40.9 Å². The molecule has 0 radical (unpaired) electrons. The van der Waals surface area contributed by atoms with Crippen LogP contribution >= 0.6 is 0 Å². The molecule has 126 valence electrons. The van der Waals surface area contributed by atoms with Crippen LogP contribution in [0.15, 0.2) is 0 Å². The summed E-state index contributed by atoms with van der Waals surface area (Å²) in [5.41, 5.74) is -0.699. The van der Waals surface area contributed by atoms with Crippen molar-refractivity contribution < 1.29 is 29.0 Å². The Balaban J connectivity index is 4.71. The van der Waals surface area contributed by atoms with Crippen LogP contribution in [0.1, 0.15) is 47.5 Å². The van der Waals surface area contributed by atoms with Crippen molar-refractivity contribution in [3.8, 4) is 0 Å². The molecule has 0 aromatic rings. The average molecular weight is 315 g/mol. The highest BCUT2D eigenvalue weighted by atomic mass is 16.6. The number of ether oxygens (including phenoxy) is 1. The van der Waals surface area contributed by atoms with E-state index < -0.39 is 35.4 Å². The third-order valence-electron chi connectivity index (χ3n) is 2.62. The van der Waals surface area contributed by atoms with Crippen LogP contribution in [0, 0.1) is 11.8 Å². The van der Waals surface area contributed by atoms with Crippen molar-refractivity contribution in [3.63, 3.8) is 0 Å². The fourth-order valence-corrected chi connectivity index (χ4v) is 1.77. The number of aliphatic carboxylic acids is 1. The highest BCUT2D eigenvalue weighted by Crippen LogP contribution is 2.13. The Labute approximate surface area is 130 Å². The molecule has 0 spiro atoms. The highest BCUT2D eigenvalue weighted by Gasteiger charge is 2.30. The number of amides is 1. The van der Waals surface area contributed by atoms with Gasteiger partial charge in [0.1, 0.15) is 17.8 Å². The Kier molecular flexibility index (Phi) is 7.76.